The van der Waals surface area contributed by atoms with Crippen LogP contribution in [0, 0.1) is 11.6 Å². The van der Waals surface area contributed by atoms with Crippen LogP contribution in [-0.4, -0.2) is 18.5 Å². The van der Waals surface area contributed by atoms with E-state index in [9.17, 15) is 22.3 Å². The summed E-state index contributed by atoms with van der Waals surface area (Å²) in [6.07, 6.45) is 0. The monoisotopic (exact) mass is 500 g/mol. The van der Waals surface area contributed by atoms with Crippen LogP contribution in [0.2, 0.25) is 0 Å². The predicted molar refractivity (Wildman–Crippen MR) is 127 cm³/mol. The zero-order valence-electron chi connectivity index (χ0n) is 16.6. The normalized spacial score (nSPS) is 11.8. The van der Waals surface area contributed by atoms with Gasteiger partial charge in [-0.3, -0.25) is 4.72 Å². The van der Waals surface area contributed by atoms with Gasteiger partial charge in [0.2, 0.25) is 0 Å². The minimum atomic E-state index is -4.37. The molecule has 166 valence electrons. The summed E-state index contributed by atoms with van der Waals surface area (Å²) in [6.45, 7) is 0. The molecule has 0 bridgehead atoms. The fourth-order valence-corrected chi connectivity index (χ4v) is 6.63. The first-order valence-corrected chi connectivity index (χ1v) is 12.7. The van der Waals surface area contributed by atoms with E-state index in [1.165, 1.54) is 29.2 Å². The fourth-order valence-electron chi connectivity index (χ4n) is 3.38. The first kappa shape index (κ1) is 21.6. The number of phenols is 1. The van der Waals surface area contributed by atoms with Gasteiger partial charge in [-0.15, -0.1) is 11.3 Å². The third-order valence-corrected chi connectivity index (χ3v) is 8.41. The molecule has 1 heterocycles. The smallest absolute Gasteiger partial charge is 0.264 e. The van der Waals surface area contributed by atoms with E-state index < -0.39 is 26.6 Å². The van der Waals surface area contributed by atoms with Gasteiger partial charge in [-0.1, -0.05) is 48.2 Å². The Morgan fingerprint density at radius 1 is 0.939 bits per heavy atom. The average molecular weight is 501 g/mol. The summed E-state index contributed by atoms with van der Waals surface area (Å²) < 4.78 is 57.3. The van der Waals surface area contributed by atoms with Gasteiger partial charge in [0.15, 0.2) is 4.34 Å². The van der Waals surface area contributed by atoms with Gasteiger partial charge in [0.1, 0.15) is 22.3 Å². The van der Waals surface area contributed by atoms with Gasteiger partial charge in [-0.05, 0) is 30.3 Å². The molecule has 0 radical (unpaired) electrons. The number of nitrogens with zero attached hydrogens (tertiary/aromatic N) is 1. The van der Waals surface area contributed by atoms with Crippen LogP contribution >= 0.6 is 23.1 Å². The number of nitrogens with one attached hydrogen (secondary N) is 1. The highest BCUT2D eigenvalue weighted by molar-refractivity contribution is 8.01. The number of anilines is 1. The van der Waals surface area contributed by atoms with Gasteiger partial charge < -0.3 is 5.11 Å². The number of hydrogen-bond donors (Lipinski definition) is 2. The Hall–Kier alpha value is -3.21. The van der Waals surface area contributed by atoms with Gasteiger partial charge in [-0.2, -0.15) is 0 Å². The van der Waals surface area contributed by atoms with Crippen molar-refractivity contribution in [1.29, 1.82) is 0 Å². The Morgan fingerprint density at radius 3 is 2.42 bits per heavy atom. The van der Waals surface area contributed by atoms with Crippen LogP contribution in [0.3, 0.4) is 0 Å². The van der Waals surface area contributed by atoms with Crippen LogP contribution in [0.4, 0.5) is 14.5 Å². The molecular formula is C23H14F2N2O3S3. The first-order chi connectivity index (χ1) is 15.8. The lowest BCUT2D eigenvalue weighted by atomic mass is 10.1. The Kier molecular flexibility index (Phi) is 5.43. The van der Waals surface area contributed by atoms with Crippen molar-refractivity contribution in [3.63, 3.8) is 0 Å². The van der Waals surface area contributed by atoms with Crippen molar-refractivity contribution in [2.45, 2.75) is 14.1 Å². The summed E-state index contributed by atoms with van der Waals surface area (Å²) >= 11 is 2.64. The zero-order chi connectivity index (χ0) is 23.2. The molecule has 0 aliphatic carbocycles. The van der Waals surface area contributed by atoms with Gasteiger partial charge in [-0.25, -0.2) is 22.2 Å². The number of aromatic hydroxyl groups is 1. The second-order valence-corrected chi connectivity index (χ2v) is 11.0. The molecule has 0 aliphatic rings. The minimum absolute atomic E-state index is 0.0224. The summed E-state index contributed by atoms with van der Waals surface area (Å²) in [6, 6.07) is 18.0. The number of aromatic nitrogens is 1. The molecule has 5 aromatic rings. The van der Waals surface area contributed by atoms with Crippen LogP contribution in [0.15, 0.2) is 86.9 Å². The fraction of sp³-hybridized carbons (Fsp3) is 0. The maximum atomic E-state index is 14.2. The molecular weight excluding hydrogens is 486 g/mol. The molecule has 0 atom stereocenters. The van der Waals surface area contributed by atoms with Crippen molar-refractivity contribution in [1.82, 2.24) is 4.98 Å². The molecule has 4 aromatic carbocycles. The SMILES string of the molecule is O=S(=O)(Nc1cc(Sc2nc3ccccc3s2)c(O)c2ccccc12)c1ccc(F)cc1F. The largest absolute Gasteiger partial charge is 0.506 e. The van der Waals surface area contributed by atoms with E-state index >= 15 is 0 Å². The topological polar surface area (TPSA) is 79.3 Å². The molecule has 0 amide bonds. The third kappa shape index (κ3) is 4.12. The van der Waals surface area contributed by atoms with Crippen molar-refractivity contribution in [3.05, 3.63) is 84.4 Å². The Bertz CT molecular complexity index is 1600. The third-order valence-electron chi connectivity index (χ3n) is 4.88. The van der Waals surface area contributed by atoms with E-state index in [1.807, 2.05) is 24.3 Å². The van der Waals surface area contributed by atoms with E-state index in [4.69, 9.17) is 0 Å². The van der Waals surface area contributed by atoms with Crippen molar-refractivity contribution in [2.24, 2.45) is 0 Å². The maximum absolute atomic E-state index is 14.2. The lowest BCUT2D eigenvalue weighted by Gasteiger charge is -2.14. The van der Waals surface area contributed by atoms with Crippen molar-refractivity contribution < 1.29 is 22.3 Å². The lowest BCUT2D eigenvalue weighted by Crippen LogP contribution is -2.15. The summed E-state index contributed by atoms with van der Waals surface area (Å²) in [7, 11) is -4.37. The maximum Gasteiger partial charge on any atom is 0.264 e. The van der Waals surface area contributed by atoms with Gasteiger partial charge >= 0.3 is 0 Å². The van der Waals surface area contributed by atoms with Crippen LogP contribution in [-0.2, 0) is 10.0 Å². The standard InChI is InChI=1S/C23H14F2N2O3S3/c24-13-9-10-21(16(25)11-13)33(29,30)27-18-12-20(22(28)15-6-2-1-5-14(15)18)32-23-26-17-7-3-4-8-19(17)31-23/h1-12,27-28H. The zero-order valence-corrected chi connectivity index (χ0v) is 19.1. The number of para-hydroxylation sites is 1. The van der Waals surface area contributed by atoms with E-state index in [0.29, 0.717) is 26.1 Å². The Balaban J connectivity index is 1.60. The highest BCUT2D eigenvalue weighted by Gasteiger charge is 2.22. The van der Waals surface area contributed by atoms with E-state index in [0.717, 1.165) is 22.3 Å². The number of rotatable bonds is 5. The van der Waals surface area contributed by atoms with Gasteiger partial charge in [0.25, 0.3) is 10.0 Å². The minimum Gasteiger partial charge on any atom is -0.506 e. The van der Waals surface area contributed by atoms with E-state index in [-0.39, 0.29) is 11.4 Å². The molecule has 0 fully saturated rings. The Morgan fingerprint density at radius 2 is 1.67 bits per heavy atom. The number of hydrogen-bond acceptors (Lipinski definition) is 6. The van der Waals surface area contributed by atoms with Gasteiger partial charge in [0.05, 0.1) is 20.8 Å². The Labute approximate surface area is 195 Å². The highest BCUT2D eigenvalue weighted by atomic mass is 32.2. The van der Waals surface area contributed by atoms with Crippen LogP contribution in [0.25, 0.3) is 21.0 Å². The molecule has 1 aromatic heterocycles. The second kappa shape index (κ2) is 8.29. The predicted octanol–water partition coefficient (Wildman–Crippen LogP) is 6.39. The summed E-state index contributed by atoms with van der Waals surface area (Å²) in [5.41, 5.74) is 0.966. The molecule has 5 nitrogen and oxygen atoms in total. The number of halogens is 2. The van der Waals surface area contributed by atoms with Crippen LogP contribution < -0.4 is 4.72 Å². The van der Waals surface area contributed by atoms with Gasteiger partial charge in [0, 0.05) is 16.8 Å². The highest BCUT2D eigenvalue weighted by Crippen LogP contribution is 2.44. The molecule has 0 saturated heterocycles. The number of fused-ring (bicyclic) bond motifs is 2. The van der Waals surface area contributed by atoms with Crippen molar-refractivity contribution in [2.75, 3.05) is 4.72 Å². The van der Waals surface area contributed by atoms with Crippen LogP contribution in [0.5, 0.6) is 5.75 Å². The van der Waals surface area contributed by atoms with Crippen LogP contribution in [0.1, 0.15) is 0 Å². The quantitative estimate of drug-likeness (QED) is 0.274. The number of thiazole rings is 1. The van der Waals surface area contributed by atoms with E-state index in [1.54, 1.807) is 24.3 Å². The number of sulfonamides is 1. The summed E-state index contributed by atoms with van der Waals surface area (Å²) in [5.74, 6) is -2.10. The molecule has 0 saturated carbocycles. The van der Waals surface area contributed by atoms with Crippen molar-refractivity contribution >= 4 is 59.8 Å². The molecule has 0 aliphatic heterocycles. The molecule has 2 N–H and O–H groups in total. The molecule has 0 unspecified atom stereocenters. The molecule has 5 rings (SSSR count). The molecule has 10 heteroatoms. The number of phenolic OH excluding ortho intramolecular Hbond substituents is 1. The first-order valence-electron chi connectivity index (χ1n) is 9.58. The number of benzene rings is 4. The molecule has 0 spiro atoms. The van der Waals surface area contributed by atoms with E-state index in [2.05, 4.69) is 9.71 Å². The van der Waals surface area contributed by atoms with Crippen molar-refractivity contribution in [3.8, 4) is 5.75 Å². The molecule has 33 heavy (non-hydrogen) atoms. The summed E-state index contributed by atoms with van der Waals surface area (Å²) in [5, 5.41) is 11.7. The summed E-state index contributed by atoms with van der Waals surface area (Å²) in [4.78, 5) is 4.25. The lowest BCUT2D eigenvalue weighted by molar-refractivity contribution is 0.469. The average Bonchev–Trinajstić information content (AvgIpc) is 3.19. The second-order valence-electron chi connectivity index (χ2n) is 7.05.